The molecule has 3 amide bonds. The summed E-state index contributed by atoms with van der Waals surface area (Å²) in [6.07, 6.45) is 0. The van der Waals surface area contributed by atoms with E-state index in [9.17, 15) is 24.3 Å². The summed E-state index contributed by atoms with van der Waals surface area (Å²) in [7, 11) is 1.67. The molecule has 19 heteroatoms. The average molecular weight is 587 g/mol. The zero-order chi connectivity index (χ0) is 28.4. The number of tetrazole rings is 2. The summed E-state index contributed by atoms with van der Waals surface area (Å²) in [5.74, 6) is -2.51. The van der Waals surface area contributed by atoms with Crippen LogP contribution >= 0.6 is 23.5 Å². The molecule has 0 aliphatic carbocycles. The number of aromatic nitrogens is 8. The molecule has 2 unspecified atom stereocenters. The third kappa shape index (κ3) is 5.32. The number of carboxylic acids is 1. The molecular formula is C21H22N12O5S2. The van der Waals surface area contributed by atoms with Crippen LogP contribution in [0.3, 0.4) is 0 Å². The Labute approximate surface area is 233 Å². The van der Waals surface area contributed by atoms with E-state index in [1.807, 2.05) is 0 Å². The molecule has 208 valence electrons. The summed E-state index contributed by atoms with van der Waals surface area (Å²) in [5.41, 5.74) is 6.51. The van der Waals surface area contributed by atoms with Crippen LogP contribution in [0, 0.1) is 0 Å². The highest BCUT2D eigenvalue weighted by Crippen LogP contribution is 2.41. The highest BCUT2D eigenvalue weighted by molar-refractivity contribution is 8.01. The smallest absolute Gasteiger partial charge is 0.352 e. The number of rotatable bonds is 10. The van der Waals surface area contributed by atoms with Gasteiger partial charge in [0.1, 0.15) is 29.7 Å². The van der Waals surface area contributed by atoms with Crippen molar-refractivity contribution in [1.29, 1.82) is 0 Å². The van der Waals surface area contributed by atoms with Gasteiger partial charge in [-0.3, -0.25) is 19.3 Å². The van der Waals surface area contributed by atoms with Crippen molar-refractivity contribution >= 4 is 53.2 Å². The van der Waals surface area contributed by atoms with Crippen molar-refractivity contribution < 1.29 is 24.3 Å². The van der Waals surface area contributed by atoms with Crippen molar-refractivity contribution in [1.82, 2.24) is 55.9 Å². The lowest BCUT2D eigenvalue weighted by molar-refractivity contribution is -0.151. The average Bonchev–Trinajstić information content (AvgIpc) is 3.55. The van der Waals surface area contributed by atoms with E-state index < -0.39 is 41.1 Å². The fourth-order valence-corrected chi connectivity index (χ4v) is 6.47. The van der Waals surface area contributed by atoms with Crippen LogP contribution in [0.2, 0.25) is 0 Å². The van der Waals surface area contributed by atoms with Gasteiger partial charge in [0.05, 0.1) is 0 Å². The van der Waals surface area contributed by atoms with Gasteiger partial charge in [0.15, 0.2) is 0 Å². The van der Waals surface area contributed by atoms with E-state index in [2.05, 4.69) is 41.7 Å². The number of nitrogens with one attached hydrogen (secondary N) is 2. The molecule has 0 radical (unpaired) electrons. The van der Waals surface area contributed by atoms with Gasteiger partial charge < -0.3 is 21.5 Å². The van der Waals surface area contributed by atoms with E-state index in [0.717, 1.165) is 4.68 Å². The number of thioether (sulfide) groups is 2. The quantitative estimate of drug-likeness (QED) is 0.151. The Morgan fingerprint density at radius 2 is 1.95 bits per heavy atom. The van der Waals surface area contributed by atoms with E-state index in [4.69, 9.17) is 5.73 Å². The Balaban J connectivity index is 1.29. The van der Waals surface area contributed by atoms with Gasteiger partial charge in [0, 0.05) is 18.6 Å². The molecule has 40 heavy (non-hydrogen) atoms. The lowest BCUT2D eigenvalue weighted by Gasteiger charge is -2.49. The number of amides is 3. The number of aryl methyl sites for hydroxylation is 1. The minimum absolute atomic E-state index is 0.0707. The number of nitrogens with zero attached hydrogens (tertiary/aromatic N) is 9. The van der Waals surface area contributed by atoms with Crippen LogP contribution in [0.4, 0.5) is 5.95 Å². The van der Waals surface area contributed by atoms with Crippen molar-refractivity contribution in [2.75, 3.05) is 17.2 Å². The molecule has 2 aliphatic heterocycles. The van der Waals surface area contributed by atoms with E-state index in [1.54, 1.807) is 37.4 Å². The van der Waals surface area contributed by atoms with Crippen molar-refractivity contribution in [3.63, 3.8) is 0 Å². The fraction of sp³-hybridized carbons (Fsp3) is 0.333. The molecule has 5 rings (SSSR count). The zero-order valence-electron chi connectivity index (χ0n) is 20.7. The molecule has 3 atom stereocenters. The topological polar surface area (TPSA) is 229 Å². The van der Waals surface area contributed by atoms with Gasteiger partial charge >= 0.3 is 5.97 Å². The second kappa shape index (κ2) is 11.3. The first-order chi connectivity index (χ1) is 19.2. The van der Waals surface area contributed by atoms with Crippen molar-refractivity contribution in [3.8, 4) is 0 Å². The number of benzene rings is 1. The number of carbonyl (C=O) groups is 4. The standard InChI is InChI=1S/C21H22N12O5S2/c1-31-21(26-28-29-31)40-9-11-8-39-18-14(17(36)33(18)15(11)19(37)38)24-16(35)13(10-5-3-2-4-6-10)23-12(34)7-32-20(22)25-27-30-32/h2-6,13-14,18H,7-9H2,1H3,(H,23,34)(H,24,35)(H,37,38)(H2,22,25,30)/t13?,14?,18-/m0/s1. The number of aliphatic carboxylic acids is 1. The number of β-lactam (4-membered cyclic amide) rings is 1. The van der Waals surface area contributed by atoms with Gasteiger partial charge in [-0.15, -0.1) is 16.9 Å². The highest BCUT2D eigenvalue weighted by Gasteiger charge is 2.54. The number of hydrogen-bond acceptors (Lipinski definition) is 13. The molecule has 17 nitrogen and oxygen atoms in total. The number of carbonyl (C=O) groups excluding carboxylic acids is 3. The molecular weight excluding hydrogens is 564 g/mol. The van der Waals surface area contributed by atoms with E-state index in [0.29, 0.717) is 22.0 Å². The minimum atomic E-state index is -1.24. The molecule has 0 spiro atoms. The first-order valence-corrected chi connectivity index (χ1v) is 13.7. The number of fused-ring (bicyclic) bond motifs is 1. The zero-order valence-corrected chi connectivity index (χ0v) is 22.4. The largest absolute Gasteiger partial charge is 0.477 e. The Kier molecular flexibility index (Phi) is 7.65. The van der Waals surface area contributed by atoms with Crippen LogP contribution in [0.25, 0.3) is 0 Å². The lowest BCUT2D eigenvalue weighted by Crippen LogP contribution is -2.71. The lowest BCUT2D eigenvalue weighted by atomic mass is 10.0. The predicted molar refractivity (Wildman–Crippen MR) is 139 cm³/mol. The molecule has 3 aromatic rings. The summed E-state index contributed by atoms with van der Waals surface area (Å²) >= 11 is 2.59. The maximum absolute atomic E-state index is 13.4. The SMILES string of the molecule is Cn1nnnc1SCC1=C(C(=O)O)N2C(=O)C(NC(=O)C(NC(=O)Cn3nnnc3N)c3ccccc3)[C@@H]2SC1. The first kappa shape index (κ1) is 27.1. The maximum Gasteiger partial charge on any atom is 0.352 e. The molecule has 5 N–H and O–H groups in total. The van der Waals surface area contributed by atoms with Gasteiger partial charge in [-0.05, 0) is 32.0 Å². The molecule has 1 fully saturated rings. The summed E-state index contributed by atoms with van der Waals surface area (Å²) in [4.78, 5) is 52.6. The summed E-state index contributed by atoms with van der Waals surface area (Å²) < 4.78 is 2.53. The number of carboxylic acid groups (broad SMARTS) is 1. The first-order valence-electron chi connectivity index (χ1n) is 11.7. The Morgan fingerprint density at radius 1 is 1.20 bits per heavy atom. The minimum Gasteiger partial charge on any atom is -0.477 e. The van der Waals surface area contributed by atoms with Crippen LogP contribution in [0.15, 0.2) is 46.8 Å². The van der Waals surface area contributed by atoms with E-state index >= 15 is 0 Å². The van der Waals surface area contributed by atoms with Gasteiger partial charge in [0.2, 0.25) is 22.9 Å². The Morgan fingerprint density at radius 3 is 2.60 bits per heavy atom. The normalized spacial score (nSPS) is 19.0. The van der Waals surface area contributed by atoms with Crippen LogP contribution < -0.4 is 16.4 Å². The highest BCUT2D eigenvalue weighted by atomic mass is 32.2. The summed E-state index contributed by atoms with van der Waals surface area (Å²) in [6.45, 7) is -0.331. The molecule has 1 aromatic carbocycles. The maximum atomic E-state index is 13.4. The Bertz CT molecular complexity index is 1490. The van der Waals surface area contributed by atoms with E-state index in [1.165, 1.54) is 33.1 Å². The molecule has 2 aromatic heterocycles. The molecule has 1 saturated heterocycles. The van der Waals surface area contributed by atoms with Gasteiger partial charge in [0.25, 0.3) is 5.91 Å². The second-order valence-corrected chi connectivity index (χ2v) is 10.7. The second-order valence-electron chi connectivity index (χ2n) is 8.63. The van der Waals surface area contributed by atoms with Crippen molar-refractivity contribution in [3.05, 3.63) is 47.2 Å². The molecule has 4 heterocycles. The van der Waals surface area contributed by atoms with Crippen molar-refractivity contribution in [2.45, 2.75) is 29.2 Å². The summed E-state index contributed by atoms with van der Waals surface area (Å²) in [5, 5.41) is 36.8. The van der Waals surface area contributed by atoms with Crippen molar-refractivity contribution in [2.24, 2.45) is 7.05 Å². The van der Waals surface area contributed by atoms with E-state index in [-0.39, 0.29) is 23.9 Å². The van der Waals surface area contributed by atoms with Crippen LogP contribution in [0.5, 0.6) is 0 Å². The fourth-order valence-electron chi connectivity index (χ4n) is 4.14. The molecule has 0 bridgehead atoms. The third-order valence-corrected chi connectivity index (χ3v) is 8.49. The Hall–Kier alpha value is -4.52. The van der Waals surface area contributed by atoms with Crippen LogP contribution in [0.1, 0.15) is 11.6 Å². The number of hydrogen-bond donors (Lipinski definition) is 4. The number of nitrogens with two attached hydrogens (primary N) is 1. The van der Waals surface area contributed by atoms with Crippen LogP contribution in [-0.4, -0.2) is 97.0 Å². The molecule has 2 aliphatic rings. The monoisotopic (exact) mass is 586 g/mol. The molecule has 0 saturated carbocycles. The third-order valence-electron chi connectivity index (χ3n) is 6.06. The van der Waals surface area contributed by atoms with Crippen LogP contribution in [-0.2, 0) is 32.8 Å². The van der Waals surface area contributed by atoms with Gasteiger partial charge in [-0.25, -0.2) is 14.2 Å². The van der Waals surface area contributed by atoms with Gasteiger partial charge in [-0.2, -0.15) is 0 Å². The number of anilines is 1. The number of nitrogen functional groups attached to an aromatic ring is 1. The van der Waals surface area contributed by atoms with Gasteiger partial charge in [-0.1, -0.05) is 47.2 Å². The summed E-state index contributed by atoms with van der Waals surface area (Å²) in [6, 6.07) is 6.34. The predicted octanol–water partition coefficient (Wildman–Crippen LogP) is -1.83.